The molecule has 0 aromatic heterocycles. The molecule has 1 N–H and O–H groups in total. The highest BCUT2D eigenvalue weighted by Gasteiger charge is 2.05. The molecule has 0 aliphatic carbocycles. The van der Waals surface area contributed by atoms with Gasteiger partial charge in [0.2, 0.25) is 0 Å². The van der Waals surface area contributed by atoms with Crippen molar-refractivity contribution in [2.75, 3.05) is 7.11 Å². The molecule has 1 aromatic carbocycles. The lowest BCUT2D eigenvalue weighted by atomic mass is 10.1. The van der Waals surface area contributed by atoms with E-state index in [4.69, 9.17) is 9.94 Å². The smallest absolute Gasteiger partial charge is 0.128 e. The Hall–Kier alpha value is -1.51. The molecule has 0 atom stereocenters. The molecule has 3 heteroatoms. The molecule has 70 valence electrons. The van der Waals surface area contributed by atoms with Crippen LogP contribution in [0.3, 0.4) is 0 Å². The molecule has 0 radical (unpaired) electrons. The van der Waals surface area contributed by atoms with Crippen LogP contribution in [0.4, 0.5) is 0 Å². The van der Waals surface area contributed by atoms with Crippen LogP contribution in [0.25, 0.3) is 0 Å². The molecule has 0 saturated carbocycles. The Morgan fingerprint density at radius 3 is 2.69 bits per heavy atom. The van der Waals surface area contributed by atoms with Crippen LogP contribution in [0.2, 0.25) is 0 Å². The summed E-state index contributed by atoms with van der Waals surface area (Å²) < 4.78 is 5.16. The lowest BCUT2D eigenvalue weighted by Gasteiger charge is -2.07. The number of aryl methyl sites for hydroxylation is 1. The maximum absolute atomic E-state index is 8.61. The Kier molecular flexibility index (Phi) is 2.90. The molecule has 0 spiro atoms. The van der Waals surface area contributed by atoms with Gasteiger partial charge >= 0.3 is 0 Å². The number of rotatable bonds is 2. The molecule has 1 rings (SSSR count). The van der Waals surface area contributed by atoms with Gasteiger partial charge in [-0.3, -0.25) is 0 Å². The van der Waals surface area contributed by atoms with Crippen LogP contribution >= 0.6 is 0 Å². The van der Waals surface area contributed by atoms with Crippen LogP contribution in [0.1, 0.15) is 18.1 Å². The van der Waals surface area contributed by atoms with E-state index in [0.717, 1.165) is 16.9 Å². The standard InChI is InChI=1S/C10H13NO2/c1-7-4-5-9(8(2)11-12)10(6-7)13-3/h4-6,12H,1-3H3. The molecule has 0 fully saturated rings. The summed E-state index contributed by atoms with van der Waals surface area (Å²) in [6, 6.07) is 5.74. The van der Waals surface area contributed by atoms with Gasteiger partial charge in [-0.25, -0.2) is 0 Å². The fraction of sp³-hybridized carbons (Fsp3) is 0.300. The third-order valence-corrected chi connectivity index (χ3v) is 1.90. The molecule has 0 amide bonds. The van der Waals surface area contributed by atoms with Crippen LogP contribution in [-0.4, -0.2) is 18.0 Å². The lowest BCUT2D eigenvalue weighted by Crippen LogP contribution is -1.99. The first kappa shape index (κ1) is 9.58. The van der Waals surface area contributed by atoms with Gasteiger partial charge in [0.05, 0.1) is 12.8 Å². The van der Waals surface area contributed by atoms with E-state index in [2.05, 4.69) is 5.16 Å². The number of ether oxygens (including phenoxy) is 1. The summed E-state index contributed by atoms with van der Waals surface area (Å²) in [6.45, 7) is 3.71. The normalized spacial score (nSPS) is 11.5. The van der Waals surface area contributed by atoms with Crippen molar-refractivity contribution < 1.29 is 9.94 Å². The highest BCUT2D eigenvalue weighted by molar-refractivity contribution is 6.00. The Morgan fingerprint density at radius 2 is 2.15 bits per heavy atom. The van der Waals surface area contributed by atoms with Crippen LogP contribution in [0.15, 0.2) is 23.4 Å². The largest absolute Gasteiger partial charge is 0.496 e. The summed E-state index contributed by atoms with van der Waals surface area (Å²) in [7, 11) is 1.60. The fourth-order valence-electron chi connectivity index (χ4n) is 1.15. The van der Waals surface area contributed by atoms with Crippen LogP contribution < -0.4 is 4.74 Å². The number of oxime groups is 1. The molecule has 0 aliphatic rings. The van der Waals surface area contributed by atoms with Crippen LogP contribution in [-0.2, 0) is 0 Å². The van der Waals surface area contributed by atoms with Gasteiger partial charge < -0.3 is 9.94 Å². The molecule has 3 nitrogen and oxygen atoms in total. The lowest BCUT2D eigenvalue weighted by molar-refractivity contribution is 0.318. The quantitative estimate of drug-likeness (QED) is 0.429. The second-order valence-corrected chi connectivity index (χ2v) is 2.89. The van der Waals surface area contributed by atoms with Crippen LogP contribution in [0.5, 0.6) is 5.75 Å². The van der Waals surface area contributed by atoms with E-state index < -0.39 is 0 Å². The summed E-state index contributed by atoms with van der Waals surface area (Å²) in [5.41, 5.74) is 2.48. The van der Waals surface area contributed by atoms with Gasteiger partial charge in [0.15, 0.2) is 0 Å². The highest BCUT2D eigenvalue weighted by Crippen LogP contribution is 2.20. The monoisotopic (exact) mass is 179 g/mol. The minimum Gasteiger partial charge on any atom is -0.496 e. The molecule has 0 heterocycles. The molecule has 1 aromatic rings. The zero-order valence-corrected chi connectivity index (χ0v) is 8.03. The Balaban J connectivity index is 3.21. The summed E-state index contributed by atoms with van der Waals surface area (Å²) >= 11 is 0. The first-order chi connectivity index (χ1) is 6.19. The number of methoxy groups -OCH3 is 1. The second kappa shape index (κ2) is 3.94. The number of benzene rings is 1. The van der Waals surface area contributed by atoms with E-state index in [1.807, 2.05) is 25.1 Å². The van der Waals surface area contributed by atoms with Gasteiger partial charge in [0, 0.05) is 5.56 Å². The predicted molar refractivity (Wildman–Crippen MR) is 51.7 cm³/mol. The van der Waals surface area contributed by atoms with Crippen molar-refractivity contribution in [3.63, 3.8) is 0 Å². The third-order valence-electron chi connectivity index (χ3n) is 1.90. The minimum atomic E-state index is 0.553. The van der Waals surface area contributed by atoms with Gasteiger partial charge in [0.1, 0.15) is 5.75 Å². The summed E-state index contributed by atoms with van der Waals surface area (Å²) in [6.07, 6.45) is 0. The predicted octanol–water partition coefficient (Wildman–Crippen LogP) is 2.20. The highest BCUT2D eigenvalue weighted by atomic mass is 16.5. The van der Waals surface area contributed by atoms with E-state index >= 15 is 0 Å². The summed E-state index contributed by atoms with van der Waals surface area (Å²) in [4.78, 5) is 0. The van der Waals surface area contributed by atoms with Gasteiger partial charge in [0.25, 0.3) is 0 Å². The molecular weight excluding hydrogens is 166 g/mol. The zero-order chi connectivity index (χ0) is 9.84. The molecule has 13 heavy (non-hydrogen) atoms. The van der Waals surface area contributed by atoms with Gasteiger partial charge in [-0.2, -0.15) is 0 Å². The second-order valence-electron chi connectivity index (χ2n) is 2.89. The van der Waals surface area contributed by atoms with E-state index in [1.165, 1.54) is 0 Å². The van der Waals surface area contributed by atoms with E-state index in [1.54, 1.807) is 14.0 Å². The van der Waals surface area contributed by atoms with Crippen molar-refractivity contribution >= 4 is 5.71 Å². The molecular formula is C10H13NO2. The van der Waals surface area contributed by atoms with Crippen molar-refractivity contribution in [3.8, 4) is 5.75 Å². The zero-order valence-electron chi connectivity index (χ0n) is 8.03. The number of hydrogen-bond donors (Lipinski definition) is 1. The van der Waals surface area contributed by atoms with Crippen LogP contribution in [0, 0.1) is 6.92 Å². The first-order valence-corrected chi connectivity index (χ1v) is 4.02. The Labute approximate surface area is 77.6 Å². The van der Waals surface area contributed by atoms with Gasteiger partial charge in [-0.15, -0.1) is 0 Å². The average molecular weight is 179 g/mol. The van der Waals surface area contributed by atoms with Crippen molar-refractivity contribution in [3.05, 3.63) is 29.3 Å². The van der Waals surface area contributed by atoms with E-state index in [0.29, 0.717) is 5.71 Å². The first-order valence-electron chi connectivity index (χ1n) is 4.02. The van der Waals surface area contributed by atoms with E-state index in [9.17, 15) is 0 Å². The maximum atomic E-state index is 8.61. The molecule has 0 saturated heterocycles. The Morgan fingerprint density at radius 1 is 1.46 bits per heavy atom. The molecule has 0 unspecified atom stereocenters. The topological polar surface area (TPSA) is 41.8 Å². The summed E-state index contributed by atoms with van der Waals surface area (Å²) in [5, 5.41) is 11.7. The molecule has 0 aliphatic heterocycles. The van der Waals surface area contributed by atoms with E-state index in [-0.39, 0.29) is 0 Å². The number of hydrogen-bond acceptors (Lipinski definition) is 3. The summed E-state index contributed by atoms with van der Waals surface area (Å²) in [5.74, 6) is 0.732. The number of nitrogens with zero attached hydrogens (tertiary/aromatic N) is 1. The van der Waals surface area contributed by atoms with Gasteiger partial charge in [-0.05, 0) is 31.5 Å². The van der Waals surface area contributed by atoms with Crippen molar-refractivity contribution in [2.45, 2.75) is 13.8 Å². The Bertz CT molecular complexity index is 332. The van der Waals surface area contributed by atoms with Crippen molar-refractivity contribution in [2.24, 2.45) is 5.16 Å². The molecule has 0 bridgehead atoms. The average Bonchev–Trinajstić information content (AvgIpc) is 2.16. The SMILES string of the molecule is COc1cc(C)ccc1C(C)=NO. The third kappa shape index (κ3) is 1.99. The maximum Gasteiger partial charge on any atom is 0.128 e. The minimum absolute atomic E-state index is 0.553. The van der Waals surface area contributed by atoms with Gasteiger partial charge in [-0.1, -0.05) is 11.2 Å². The fourth-order valence-corrected chi connectivity index (χ4v) is 1.15. The van der Waals surface area contributed by atoms with Crippen molar-refractivity contribution in [1.82, 2.24) is 0 Å². The van der Waals surface area contributed by atoms with Crippen molar-refractivity contribution in [1.29, 1.82) is 0 Å².